The Hall–Kier alpha value is -3.41. The van der Waals surface area contributed by atoms with Crippen LogP contribution in [0.5, 0.6) is 5.75 Å². The zero-order chi connectivity index (χ0) is 19.6. The molecule has 3 heterocycles. The molecule has 0 amide bonds. The molecule has 4 rings (SSSR count). The van der Waals surface area contributed by atoms with E-state index < -0.39 is 0 Å². The monoisotopic (exact) mass is 373 g/mol. The zero-order valence-corrected chi connectivity index (χ0v) is 16.3. The molecule has 0 bridgehead atoms. The Bertz CT molecular complexity index is 1080. The van der Waals surface area contributed by atoms with Crippen LogP contribution in [-0.4, -0.2) is 24.9 Å². The third-order valence-electron chi connectivity index (χ3n) is 4.17. The number of imidazole rings is 1. The summed E-state index contributed by atoms with van der Waals surface area (Å²) in [6, 6.07) is 13.7. The first-order valence-corrected chi connectivity index (χ1v) is 9.24. The molecule has 0 spiro atoms. The summed E-state index contributed by atoms with van der Waals surface area (Å²) in [5, 5.41) is 3.58. The summed E-state index contributed by atoms with van der Waals surface area (Å²) in [5.41, 5.74) is 3.29. The van der Waals surface area contributed by atoms with Crippen molar-refractivity contribution in [3.63, 3.8) is 0 Å². The van der Waals surface area contributed by atoms with E-state index in [0.29, 0.717) is 6.61 Å². The van der Waals surface area contributed by atoms with Crippen molar-refractivity contribution in [3.8, 4) is 17.0 Å². The number of fused-ring (bicyclic) bond motifs is 1. The molecule has 0 aliphatic carbocycles. The molecule has 0 saturated heterocycles. The number of para-hydroxylation sites is 1. The van der Waals surface area contributed by atoms with Gasteiger partial charge in [-0.15, -0.1) is 0 Å². The number of hydrogen-bond acceptors (Lipinski definition) is 5. The van der Waals surface area contributed by atoms with E-state index in [1.165, 1.54) is 0 Å². The molecule has 1 N–H and O–H groups in total. The molecular weight excluding hydrogens is 350 g/mol. The van der Waals surface area contributed by atoms with E-state index in [0.717, 1.165) is 34.2 Å². The zero-order valence-electron chi connectivity index (χ0n) is 16.3. The molecule has 28 heavy (non-hydrogen) atoms. The lowest BCUT2D eigenvalue weighted by molar-refractivity contribution is 0.302. The third kappa shape index (κ3) is 3.81. The number of aromatic nitrogens is 4. The fraction of sp³-hybridized carbons (Fsp3) is 0.227. The molecule has 0 unspecified atom stereocenters. The molecule has 0 radical (unpaired) electrons. The van der Waals surface area contributed by atoms with Gasteiger partial charge in [-0.2, -0.15) is 0 Å². The number of nitrogens with zero attached hydrogens (tertiary/aromatic N) is 4. The number of anilines is 1. The number of benzene rings is 1. The van der Waals surface area contributed by atoms with E-state index in [9.17, 15) is 0 Å². The summed E-state index contributed by atoms with van der Waals surface area (Å²) in [6.07, 6.45) is 7.20. The van der Waals surface area contributed by atoms with Crippen LogP contribution in [0.15, 0.2) is 67.3 Å². The van der Waals surface area contributed by atoms with Gasteiger partial charge in [-0.1, -0.05) is 18.2 Å². The van der Waals surface area contributed by atoms with Crippen molar-refractivity contribution in [1.82, 2.24) is 19.4 Å². The largest absolute Gasteiger partial charge is 0.487 e. The van der Waals surface area contributed by atoms with E-state index in [2.05, 4.69) is 36.1 Å². The molecule has 6 heteroatoms. The molecule has 1 aromatic carbocycles. The Balaban J connectivity index is 1.77. The summed E-state index contributed by atoms with van der Waals surface area (Å²) in [4.78, 5) is 13.4. The Morgan fingerprint density at radius 1 is 1.04 bits per heavy atom. The molecule has 3 aromatic heterocycles. The minimum atomic E-state index is -0.127. The van der Waals surface area contributed by atoms with Gasteiger partial charge < -0.3 is 10.1 Å². The lowest BCUT2D eigenvalue weighted by atomic mass is 10.1. The molecule has 0 atom stereocenters. The van der Waals surface area contributed by atoms with Gasteiger partial charge in [-0.05, 0) is 45.0 Å². The van der Waals surface area contributed by atoms with Crippen LogP contribution in [0.3, 0.4) is 0 Å². The molecule has 0 fully saturated rings. The summed E-state index contributed by atoms with van der Waals surface area (Å²) >= 11 is 0. The molecule has 142 valence electrons. The van der Waals surface area contributed by atoms with Crippen LogP contribution in [0.2, 0.25) is 0 Å². The van der Waals surface area contributed by atoms with Crippen LogP contribution in [0.4, 0.5) is 5.82 Å². The van der Waals surface area contributed by atoms with E-state index >= 15 is 0 Å². The van der Waals surface area contributed by atoms with Gasteiger partial charge in [0, 0.05) is 29.7 Å². The van der Waals surface area contributed by atoms with Gasteiger partial charge in [-0.25, -0.2) is 4.98 Å². The number of nitrogens with one attached hydrogen (secondary N) is 1. The molecule has 0 saturated carbocycles. The van der Waals surface area contributed by atoms with Crippen LogP contribution in [-0.2, 0) is 6.61 Å². The normalized spacial score (nSPS) is 11.5. The van der Waals surface area contributed by atoms with Crippen molar-refractivity contribution in [1.29, 1.82) is 0 Å². The highest BCUT2D eigenvalue weighted by Gasteiger charge is 2.21. The highest BCUT2D eigenvalue weighted by molar-refractivity contribution is 5.80. The van der Waals surface area contributed by atoms with Gasteiger partial charge in [0.05, 0.1) is 11.9 Å². The Labute approximate surface area is 164 Å². The summed E-state index contributed by atoms with van der Waals surface area (Å²) in [6.45, 7) is 6.78. The lowest BCUT2D eigenvalue weighted by Gasteiger charge is -2.23. The van der Waals surface area contributed by atoms with E-state index in [4.69, 9.17) is 9.72 Å². The van der Waals surface area contributed by atoms with Crippen molar-refractivity contribution in [3.05, 3.63) is 72.9 Å². The maximum Gasteiger partial charge on any atom is 0.157 e. The van der Waals surface area contributed by atoms with E-state index in [1.54, 1.807) is 18.6 Å². The fourth-order valence-corrected chi connectivity index (χ4v) is 2.99. The maximum absolute atomic E-state index is 6.10. The topological polar surface area (TPSA) is 64.3 Å². The van der Waals surface area contributed by atoms with Crippen LogP contribution in [0.25, 0.3) is 16.9 Å². The summed E-state index contributed by atoms with van der Waals surface area (Å²) < 4.78 is 8.12. The average Bonchev–Trinajstić information content (AvgIpc) is 3.04. The summed E-state index contributed by atoms with van der Waals surface area (Å²) in [7, 11) is 0. The van der Waals surface area contributed by atoms with Crippen LogP contribution < -0.4 is 10.1 Å². The van der Waals surface area contributed by atoms with Gasteiger partial charge in [0.1, 0.15) is 23.9 Å². The molecule has 4 aromatic rings. The summed E-state index contributed by atoms with van der Waals surface area (Å²) in [5.74, 6) is 1.68. The predicted molar refractivity (Wildman–Crippen MR) is 110 cm³/mol. The SMILES string of the molecule is CC(C)(C)Nc1c(-c2ccccc2OCc2ccccn2)nc2cnccn12. The second-order valence-corrected chi connectivity index (χ2v) is 7.59. The average molecular weight is 373 g/mol. The predicted octanol–water partition coefficient (Wildman–Crippen LogP) is 4.58. The van der Waals surface area contributed by atoms with Crippen molar-refractivity contribution >= 4 is 11.5 Å². The number of pyridine rings is 1. The first kappa shape index (κ1) is 18.0. The van der Waals surface area contributed by atoms with Gasteiger partial charge in [0.25, 0.3) is 0 Å². The first-order chi connectivity index (χ1) is 13.5. The third-order valence-corrected chi connectivity index (χ3v) is 4.17. The van der Waals surface area contributed by atoms with Crippen molar-refractivity contribution in [2.45, 2.75) is 32.9 Å². The fourth-order valence-electron chi connectivity index (χ4n) is 2.99. The molecular formula is C22H23N5O. The highest BCUT2D eigenvalue weighted by atomic mass is 16.5. The van der Waals surface area contributed by atoms with Crippen molar-refractivity contribution < 1.29 is 4.74 Å². The quantitative estimate of drug-likeness (QED) is 0.555. The van der Waals surface area contributed by atoms with Gasteiger partial charge in [-0.3, -0.25) is 14.4 Å². The van der Waals surface area contributed by atoms with Crippen LogP contribution in [0, 0.1) is 0 Å². The first-order valence-electron chi connectivity index (χ1n) is 9.24. The molecule has 0 aliphatic rings. The number of rotatable bonds is 5. The second-order valence-electron chi connectivity index (χ2n) is 7.59. The second kappa shape index (κ2) is 7.31. The smallest absolute Gasteiger partial charge is 0.157 e. The van der Waals surface area contributed by atoms with E-state index in [-0.39, 0.29) is 5.54 Å². The van der Waals surface area contributed by atoms with Crippen molar-refractivity contribution in [2.24, 2.45) is 0 Å². The molecule has 0 aliphatic heterocycles. The Morgan fingerprint density at radius 3 is 2.64 bits per heavy atom. The van der Waals surface area contributed by atoms with Gasteiger partial charge >= 0.3 is 0 Å². The van der Waals surface area contributed by atoms with Crippen LogP contribution >= 0.6 is 0 Å². The van der Waals surface area contributed by atoms with Crippen molar-refractivity contribution in [2.75, 3.05) is 5.32 Å². The molecule has 6 nitrogen and oxygen atoms in total. The lowest BCUT2D eigenvalue weighted by Crippen LogP contribution is -2.27. The Kier molecular flexibility index (Phi) is 4.69. The maximum atomic E-state index is 6.10. The standard InChI is InChI=1S/C22H23N5O/c1-22(2,3)26-21-20(25-19-14-23-12-13-27(19)21)17-9-4-5-10-18(17)28-15-16-8-6-7-11-24-16/h4-14,26H,15H2,1-3H3. The van der Waals surface area contributed by atoms with Gasteiger partial charge in [0.2, 0.25) is 0 Å². The minimum Gasteiger partial charge on any atom is -0.487 e. The van der Waals surface area contributed by atoms with E-state index in [1.807, 2.05) is 53.1 Å². The van der Waals surface area contributed by atoms with Gasteiger partial charge in [0.15, 0.2) is 5.65 Å². The number of ether oxygens (including phenoxy) is 1. The highest BCUT2D eigenvalue weighted by Crippen LogP contribution is 2.36. The number of hydrogen-bond donors (Lipinski definition) is 1. The van der Waals surface area contributed by atoms with Crippen LogP contribution in [0.1, 0.15) is 26.5 Å². The minimum absolute atomic E-state index is 0.127. The Morgan fingerprint density at radius 2 is 1.86 bits per heavy atom.